The first-order valence-electron chi connectivity index (χ1n) is 7.45. The third kappa shape index (κ3) is 5.07. The van der Waals surface area contributed by atoms with Gasteiger partial charge in [-0.2, -0.15) is 6.08 Å². The number of fused-ring (bicyclic) bond motifs is 3. The Bertz CT molecular complexity index is 744. The largest absolute Gasteiger partial charge is 1.00 e. The van der Waals surface area contributed by atoms with E-state index < -0.39 is 0 Å². The van der Waals surface area contributed by atoms with Crippen LogP contribution in [0.5, 0.6) is 0 Å². The van der Waals surface area contributed by atoms with Crippen LogP contribution in [0, 0.1) is 6.08 Å². The molecule has 0 spiro atoms. The van der Waals surface area contributed by atoms with Crippen molar-refractivity contribution >= 4 is 24.8 Å². The van der Waals surface area contributed by atoms with Crippen LogP contribution in [0.3, 0.4) is 0 Å². The van der Waals surface area contributed by atoms with Crippen molar-refractivity contribution in [1.82, 2.24) is 0 Å². The molecular formula is C21H21Zr-. The van der Waals surface area contributed by atoms with Crippen LogP contribution in [0.1, 0.15) is 21.7 Å². The van der Waals surface area contributed by atoms with E-state index in [9.17, 15) is 0 Å². The van der Waals surface area contributed by atoms with E-state index in [2.05, 4.69) is 80.6 Å². The molecule has 0 heterocycles. The average molecular weight is 365 g/mol. The van der Waals surface area contributed by atoms with Gasteiger partial charge in [0.15, 0.2) is 0 Å². The van der Waals surface area contributed by atoms with Crippen molar-refractivity contribution in [3.8, 4) is 0 Å². The summed E-state index contributed by atoms with van der Waals surface area (Å²) in [5.41, 5.74) is 0. The molecule has 0 unspecified atom stereocenters. The van der Waals surface area contributed by atoms with Crippen LogP contribution in [0.25, 0.3) is 21.5 Å². The fourth-order valence-electron chi connectivity index (χ4n) is 2.24. The molecule has 0 amide bonds. The Balaban J connectivity index is 0.000000223. The zero-order valence-corrected chi connectivity index (χ0v) is 15.6. The van der Waals surface area contributed by atoms with Crippen LogP contribution in [0.2, 0.25) is 0 Å². The predicted octanol–water partition coefficient (Wildman–Crippen LogP) is 5.88. The molecule has 1 heteroatoms. The van der Waals surface area contributed by atoms with Crippen LogP contribution < -0.4 is 0 Å². The van der Waals surface area contributed by atoms with E-state index in [0.29, 0.717) is 0 Å². The van der Waals surface area contributed by atoms with Gasteiger partial charge in [-0.1, -0.05) is 36.4 Å². The molecule has 0 saturated heterocycles. The number of hydrogen-bond donors (Lipinski definition) is 0. The van der Waals surface area contributed by atoms with Crippen LogP contribution in [-0.4, -0.2) is 3.21 Å². The first-order valence-corrected chi connectivity index (χ1v) is 8.68. The molecule has 4 rings (SSSR count). The van der Waals surface area contributed by atoms with E-state index >= 15 is 0 Å². The van der Waals surface area contributed by atoms with Crippen molar-refractivity contribution in [2.75, 3.05) is 0 Å². The molecule has 1 aliphatic carbocycles. The van der Waals surface area contributed by atoms with Gasteiger partial charge in [0, 0.05) is 0 Å². The summed E-state index contributed by atoms with van der Waals surface area (Å²) in [5, 5.41) is 5.39. The Morgan fingerprint density at radius 2 is 1.50 bits per heavy atom. The summed E-state index contributed by atoms with van der Waals surface area (Å²) in [4.78, 5) is 0. The predicted molar refractivity (Wildman–Crippen MR) is 96.1 cm³/mol. The van der Waals surface area contributed by atoms with E-state index in [-0.39, 0.29) is 1.43 Å². The number of allylic oxidation sites excluding steroid dienone is 4. The molecule has 3 aromatic rings. The zero-order chi connectivity index (χ0) is 15.8. The summed E-state index contributed by atoms with van der Waals surface area (Å²) >= 11 is 1.55. The molecule has 0 nitrogen and oxygen atoms in total. The van der Waals surface area contributed by atoms with Crippen molar-refractivity contribution in [2.45, 2.75) is 20.3 Å². The Hall–Kier alpha value is -1.46. The van der Waals surface area contributed by atoms with Crippen molar-refractivity contribution in [3.05, 3.63) is 78.9 Å². The quantitative estimate of drug-likeness (QED) is 0.437. The smallest absolute Gasteiger partial charge is 0.0771 e. The Morgan fingerprint density at radius 3 is 1.86 bits per heavy atom. The van der Waals surface area contributed by atoms with E-state index in [1.807, 2.05) is 12.2 Å². The minimum Gasteiger partial charge on any atom is -1.00 e. The summed E-state index contributed by atoms with van der Waals surface area (Å²) in [6, 6.07) is 19.3. The minimum atomic E-state index is 0. The third-order valence-corrected chi connectivity index (χ3v) is 3.11. The third-order valence-electron chi connectivity index (χ3n) is 3.11. The van der Waals surface area contributed by atoms with Crippen LogP contribution >= 0.6 is 0 Å². The van der Waals surface area contributed by atoms with Gasteiger partial charge in [0.25, 0.3) is 0 Å². The Morgan fingerprint density at radius 1 is 1.00 bits per heavy atom. The van der Waals surface area contributed by atoms with E-state index in [1.54, 1.807) is 24.2 Å². The number of benzene rings is 2. The maximum Gasteiger partial charge on any atom is -0.0771 e. The summed E-state index contributed by atoms with van der Waals surface area (Å²) in [7, 11) is 0. The van der Waals surface area contributed by atoms with Crippen LogP contribution in [0.4, 0.5) is 0 Å². The second-order valence-electron chi connectivity index (χ2n) is 5.32. The van der Waals surface area contributed by atoms with Crippen molar-refractivity contribution in [2.24, 2.45) is 0 Å². The topological polar surface area (TPSA) is 0 Å². The zero-order valence-electron chi connectivity index (χ0n) is 14.1. The Labute approximate surface area is 149 Å². The van der Waals surface area contributed by atoms with Crippen molar-refractivity contribution in [1.29, 1.82) is 0 Å². The summed E-state index contributed by atoms with van der Waals surface area (Å²) in [6.45, 7) is 4.25. The van der Waals surface area contributed by atoms with Gasteiger partial charge < -0.3 is 1.43 Å². The maximum absolute atomic E-state index is 2.99. The summed E-state index contributed by atoms with van der Waals surface area (Å²) in [5.74, 6) is 0. The van der Waals surface area contributed by atoms with Crippen LogP contribution in [0.15, 0.2) is 72.8 Å². The molecule has 3 aromatic carbocycles. The minimum absolute atomic E-state index is 0. The van der Waals surface area contributed by atoms with Crippen LogP contribution in [-0.2, 0) is 24.2 Å². The van der Waals surface area contributed by atoms with Gasteiger partial charge in [0.05, 0.1) is 0 Å². The molecule has 1 aliphatic rings. The normalized spacial score (nSPS) is 11.8. The van der Waals surface area contributed by atoms with E-state index in [1.165, 1.54) is 24.8 Å². The second-order valence-corrected chi connectivity index (χ2v) is 7.78. The van der Waals surface area contributed by atoms with E-state index in [0.717, 1.165) is 6.42 Å². The monoisotopic (exact) mass is 363 g/mol. The Kier molecular flexibility index (Phi) is 6.81. The summed E-state index contributed by atoms with van der Waals surface area (Å²) in [6.07, 6.45) is 10.0. The van der Waals surface area contributed by atoms with Gasteiger partial charge in [-0.15, -0.1) is 46.2 Å². The molecule has 0 fully saturated rings. The SMILES string of the molecule is C[C](C)=[Zr+2].[C-]1=CC=CC1.[H-].c1ccc2c(c1)[cH-]c1ccccc12. The summed E-state index contributed by atoms with van der Waals surface area (Å²) < 4.78 is 1.51. The maximum atomic E-state index is 2.99. The number of hydrogen-bond acceptors (Lipinski definition) is 0. The molecule has 0 saturated carbocycles. The van der Waals surface area contributed by atoms with Gasteiger partial charge in [0.2, 0.25) is 0 Å². The molecule has 22 heavy (non-hydrogen) atoms. The van der Waals surface area contributed by atoms with Gasteiger partial charge in [-0.3, -0.25) is 6.08 Å². The molecule has 0 bridgehead atoms. The fourth-order valence-corrected chi connectivity index (χ4v) is 2.24. The first-order chi connectivity index (χ1) is 10.7. The first kappa shape index (κ1) is 16.9. The van der Waals surface area contributed by atoms with Gasteiger partial charge >= 0.3 is 41.3 Å². The molecule has 0 aliphatic heterocycles. The van der Waals surface area contributed by atoms with Gasteiger partial charge in [0.1, 0.15) is 0 Å². The molecule has 0 aromatic heterocycles. The molecule has 0 atom stereocenters. The molecular weight excluding hydrogens is 343 g/mol. The van der Waals surface area contributed by atoms with Gasteiger partial charge in [-0.05, 0) is 0 Å². The van der Waals surface area contributed by atoms with Crippen molar-refractivity contribution in [3.63, 3.8) is 0 Å². The molecule has 110 valence electrons. The molecule has 0 radical (unpaired) electrons. The molecule has 0 N–H and O–H groups in total. The number of rotatable bonds is 0. The second kappa shape index (κ2) is 8.86. The standard InChI is InChI=1S/C13H9.C5H5.C3H6.Zr.H/c1-3-7-12-10(5-1)9-11-6-2-4-8-13(11)12;1-2-4-5-3-1;1-3-2;;/h1-9H;1-3H,4H2;1-2H3;;/q2*-1;;+2;-1. The fraction of sp³-hybridized carbons (Fsp3) is 0.143. The average Bonchev–Trinajstić information content (AvgIpc) is 3.18. The van der Waals surface area contributed by atoms with E-state index in [4.69, 9.17) is 0 Å². The van der Waals surface area contributed by atoms with Crippen molar-refractivity contribution < 1.29 is 25.7 Å². The van der Waals surface area contributed by atoms with Gasteiger partial charge in [-0.25, -0.2) is 12.2 Å².